The largest absolute Gasteiger partial charge is 0.436 e. The Kier molecular flexibility index (Phi) is 7.79. The van der Waals surface area contributed by atoms with Crippen molar-refractivity contribution in [3.8, 4) is 11.5 Å². The molecule has 2 amide bonds. The fourth-order valence-electron chi connectivity index (χ4n) is 4.43. The minimum absolute atomic E-state index is 0.0424. The van der Waals surface area contributed by atoms with E-state index >= 15 is 0 Å². The summed E-state index contributed by atoms with van der Waals surface area (Å²) in [6.07, 6.45) is 0. The van der Waals surface area contributed by atoms with E-state index < -0.39 is 17.0 Å². The second-order valence-electron chi connectivity index (χ2n) is 9.42. The highest BCUT2D eigenvalue weighted by Gasteiger charge is 2.23. The Hall–Kier alpha value is -5.21. The number of oxazole rings is 1. The molecule has 6 nitrogen and oxygen atoms in total. The summed E-state index contributed by atoms with van der Waals surface area (Å²) in [4.78, 5) is 31.5. The zero-order valence-corrected chi connectivity index (χ0v) is 23.0. The molecule has 0 aliphatic carbocycles. The minimum atomic E-state index is -0.594. The van der Waals surface area contributed by atoms with E-state index in [1.165, 1.54) is 30.0 Å². The number of nitrogens with one attached hydrogen (secondary N) is 2. The lowest BCUT2D eigenvalue weighted by Gasteiger charge is -2.18. The number of thioether (sulfide) groups is 1. The summed E-state index contributed by atoms with van der Waals surface area (Å²) >= 11 is 1.35. The summed E-state index contributed by atoms with van der Waals surface area (Å²) in [5.74, 6) is -0.840. The first kappa shape index (κ1) is 27.0. The Bertz CT molecular complexity index is 1840. The van der Waals surface area contributed by atoms with Gasteiger partial charge < -0.3 is 15.1 Å². The van der Waals surface area contributed by atoms with Crippen molar-refractivity contribution in [3.05, 3.63) is 144 Å². The van der Waals surface area contributed by atoms with E-state index in [1.807, 2.05) is 84.9 Å². The van der Waals surface area contributed by atoms with Crippen molar-refractivity contribution in [2.45, 2.75) is 10.1 Å². The topological polar surface area (TPSA) is 84.2 Å². The number of amides is 2. The number of fused-ring (bicyclic) bond motifs is 1. The molecule has 6 rings (SSSR count). The van der Waals surface area contributed by atoms with Crippen LogP contribution in [0.2, 0.25) is 0 Å². The fourth-order valence-corrected chi connectivity index (χ4v) is 5.51. The van der Waals surface area contributed by atoms with E-state index in [0.717, 1.165) is 21.5 Å². The van der Waals surface area contributed by atoms with Crippen LogP contribution >= 0.6 is 11.8 Å². The van der Waals surface area contributed by atoms with Gasteiger partial charge >= 0.3 is 0 Å². The first-order chi connectivity index (χ1) is 20.5. The lowest BCUT2D eigenvalue weighted by atomic mass is 10.1. The molecule has 0 aliphatic rings. The molecule has 2 N–H and O–H groups in total. The predicted molar refractivity (Wildman–Crippen MR) is 164 cm³/mol. The van der Waals surface area contributed by atoms with Crippen molar-refractivity contribution < 1.29 is 18.4 Å². The van der Waals surface area contributed by atoms with Gasteiger partial charge in [-0.15, -0.1) is 11.8 Å². The highest BCUT2D eigenvalue weighted by atomic mass is 32.2. The molecule has 8 heteroatoms. The second kappa shape index (κ2) is 12.1. The molecule has 1 unspecified atom stereocenters. The van der Waals surface area contributed by atoms with Gasteiger partial charge in [0.15, 0.2) is 5.58 Å². The lowest BCUT2D eigenvalue weighted by Crippen LogP contribution is -2.19. The maximum Gasteiger partial charge on any atom is 0.258 e. The van der Waals surface area contributed by atoms with Crippen LogP contribution in [0.1, 0.15) is 21.2 Å². The molecule has 0 fully saturated rings. The zero-order chi connectivity index (χ0) is 28.9. The summed E-state index contributed by atoms with van der Waals surface area (Å²) in [5.41, 5.74) is 4.20. The minimum Gasteiger partial charge on any atom is -0.436 e. The van der Waals surface area contributed by atoms with Crippen molar-refractivity contribution in [2.24, 2.45) is 0 Å². The summed E-state index contributed by atoms with van der Waals surface area (Å²) in [6.45, 7) is 0. The van der Waals surface area contributed by atoms with Crippen molar-refractivity contribution in [3.63, 3.8) is 0 Å². The smallest absolute Gasteiger partial charge is 0.258 e. The third kappa shape index (κ3) is 6.09. The number of carbonyl (C=O) groups excluding carboxylic acids is 2. The maximum atomic E-state index is 14.1. The van der Waals surface area contributed by atoms with Gasteiger partial charge in [-0.05, 0) is 72.3 Å². The number of para-hydroxylation sites is 2. The molecule has 0 spiro atoms. The van der Waals surface area contributed by atoms with Crippen LogP contribution in [0.5, 0.6) is 0 Å². The van der Waals surface area contributed by atoms with Crippen molar-refractivity contribution in [1.29, 1.82) is 0 Å². The van der Waals surface area contributed by atoms with Gasteiger partial charge in [-0.1, -0.05) is 60.7 Å². The first-order valence-electron chi connectivity index (χ1n) is 13.2. The Labute approximate surface area is 245 Å². The molecule has 0 radical (unpaired) electrons. The van der Waals surface area contributed by atoms with Crippen LogP contribution in [0.3, 0.4) is 0 Å². The zero-order valence-electron chi connectivity index (χ0n) is 22.2. The number of carbonyl (C=O) groups is 2. The van der Waals surface area contributed by atoms with Crippen LogP contribution in [0, 0.1) is 5.82 Å². The van der Waals surface area contributed by atoms with Crippen molar-refractivity contribution in [2.75, 3.05) is 10.6 Å². The highest BCUT2D eigenvalue weighted by Crippen LogP contribution is 2.37. The van der Waals surface area contributed by atoms with E-state index in [2.05, 4.69) is 15.6 Å². The number of hydrogen-bond donors (Lipinski definition) is 2. The van der Waals surface area contributed by atoms with Crippen molar-refractivity contribution in [1.82, 2.24) is 4.98 Å². The van der Waals surface area contributed by atoms with Crippen LogP contribution in [-0.4, -0.2) is 16.8 Å². The normalized spacial score (nSPS) is 11.6. The Morgan fingerprint density at radius 1 is 0.738 bits per heavy atom. The number of hydrogen-bond acceptors (Lipinski definition) is 5. The Balaban J connectivity index is 1.19. The highest BCUT2D eigenvalue weighted by molar-refractivity contribution is 8.00. The van der Waals surface area contributed by atoms with E-state index in [9.17, 15) is 14.0 Å². The first-order valence-corrected chi connectivity index (χ1v) is 14.1. The molecular weight excluding hydrogens is 549 g/mol. The molecule has 0 saturated carbocycles. The van der Waals surface area contributed by atoms with Crippen LogP contribution in [0.15, 0.2) is 137 Å². The van der Waals surface area contributed by atoms with Gasteiger partial charge in [0.2, 0.25) is 11.8 Å². The van der Waals surface area contributed by atoms with Gasteiger partial charge in [0.25, 0.3) is 5.91 Å². The molecule has 0 saturated heterocycles. The average molecular weight is 574 g/mol. The molecule has 5 aromatic carbocycles. The molecule has 0 bridgehead atoms. The summed E-state index contributed by atoms with van der Waals surface area (Å²) < 4.78 is 19.9. The lowest BCUT2D eigenvalue weighted by molar-refractivity contribution is -0.115. The Morgan fingerprint density at radius 2 is 1.48 bits per heavy atom. The molecule has 1 aromatic heterocycles. The van der Waals surface area contributed by atoms with Crippen LogP contribution in [-0.2, 0) is 4.79 Å². The monoisotopic (exact) mass is 573 g/mol. The average Bonchev–Trinajstić information content (AvgIpc) is 3.45. The van der Waals surface area contributed by atoms with Gasteiger partial charge in [-0.3, -0.25) is 9.59 Å². The molecule has 1 heterocycles. The summed E-state index contributed by atoms with van der Waals surface area (Å²) in [5, 5.41) is 5.18. The molecule has 206 valence electrons. The third-order valence-corrected chi connectivity index (χ3v) is 7.75. The van der Waals surface area contributed by atoms with Gasteiger partial charge in [0, 0.05) is 21.8 Å². The number of aromatic nitrogens is 1. The van der Waals surface area contributed by atoms with Crippen LogP contribution in [0.4, 0.5) is 15.8 Å². The standard InChI is InChI=1S/C34H24FN3O3S/c35-28-14-5-4-13-27(28)32(39)37-25-11-8-12-26(21-25)42-31(22-9-2-1-3-10-22)33(40)36-24-19-17-23(18-20-24)34-38-29-15-6-7-16-30(29)41-34/h1-21,31H,(H,36,40)(H,37,39). The molecule has 1 atom stereocenters. The Morgan fingerprint density at radius 3 is 2.26 bits per heavy atom. The third-order valence-electron chi connectivity index (χ3n) is 6.50. The van der Waals surface area contributed by atoms with Gasteiger partial charge in [0.1, 0.15) is 16.6 Å². The van der Waals surface area contributed by atoms with Gasteiger partial charge in [-0.25, -0.2) is 9.37 Å². The van der Waals surface area contributed by atoms with Gasteiger partial charge in [0.05, 0.1) is 5.56 Å². The van der Waals surface area contributed by atoms with Gasteiger partial charge in [-0.2, -0.15) is 0 Å². The fraction of sp³-hybridized carbons (Fsp3) is 0.0294. The van der Waals surface area contributed by atoms with Crippen LogP contribution < -0.4 is 10.6 Å². The van der Waals surface area contributed by atoms with E-state index in [0.29, 0.717) is 22.8 Å². The summed E-state index contributed by atoms with van der Waals surface area (Å²) in [6, 6.07) is 37.3. The number of halogens is 1. The number of benzene rings is 5. The molecule has 6 aromatic rings. The van der Waals surface area contributed by atoms with E-state index in [4.69, 9.17) is 4.42 Å². The summed E-state index contributed by atoms with van der Waals surface area (Å²) in [7, 11) is 0. The van der Waals surface area contributed by atoms with Crippen molar-refractivity contribution >= 4 is 46.1 Å². The molecule has 0 aliphatic heterocycles. The molecular formula is C34H24FN3O3S. The number of rotatable bonds is 8. The SMILES string of the molecule is O=C(Nc1cccc(SC(C(=O)Nc2ccc(-c3nc4ccccc4o3)cc2)c2ccccc2)c1)c1ccccc1F. The molecule has 42 heavy (non-hydrogen) atoms. The van der Waals surface area contributed by atoms with E-state index in [-0.39, 0.29) is 11.5 Å². The number of anilines is 2. The quantitative estimate of drug-likeness (QED) is 0.179. The maximum absolute atomic E-state index is 14.1. The van der Waals surface area contributed by atoms with Crippen LogP contribution in [0.25, 0.3) is 22.6 Å². The van der Waals surface area contributed by atoms with E-state index in [1.54, 1.807) is 24.3 Å². The predicted octanol–water partition coefficient (Wildman–Crippen LogP) is 8.36. The number of nitrogens with zero attached hydrogens (tertiary/aromatic N) is 1. The second-order valence-corrected chi connectivity index (χ2v) is 10.6.